The van der Waals surface area contributed by atoms with E-state index in [0.29, 0.717) is 5.41 Å². The van der Waals surface area contributed by atoms with Crippen molar-refractivity contribution in [2.24, 2.45) is 17.8 Å². The molecule has 0 radical (unpaired) electrons. The first kappa shape index (κ1) is 39.2. The fourth-order valence-corrected chi connectivity index (χ4v) is 13.9. The van der Waals surface area contributed by atoms with Gasteiger partial charge in [-0.1, -0.05) is 200 Å². The van der Waals surface area contributed by atoms with Crippen molar-refractivity contribution in [3.8, 4) is 44.5 Å². The lowest BCUT2D eigenvalue weighted by atomic mass is 9.48. The van der Waals surface area contributed by atoms with E-state index in [1.54, 1.807) is 5.56 Å². The topological polar surface area (TPSA) is 3.24 Å². The largest absolute Gasteiger partial charge is 0.310 e. The minimum absolute atomic E-state index is 0.325. The maximum Gasteiger partial charge on any atom is 0.0714 e. The van der Waals surface area contributed by atoms with Crippen LogP contribution in [0.5, 0.6) is 0 Å². The van der Waals surface area contributed by atoms with Crippen molar-refractivity contribution in [2.45, 2.75) is 49.4 Å². The number of para-hydroxylation sites is 1. The predicted molar refractivity (Wildman–Crippen MR) is 275 cm³/mol. The smallest absolute Gasteiger partial charge is 0.0714 e. The summed E-state index contributed by atoms with van der Waals surface area (Å²) in [6.45, 7) is 0. The van der Waals surface area contributed by atoms with Gasteiger partial charge in [-0.2, -0.15) is 0 Å². The SMILES string of the molecule is c1ccc(-c2ccccc2-c2ccccc2-c2ccccc2N(c2ccc(C34CC5CC(CC(C5)C3)C4)cc2)c2ccc3c(c2)C(c2ccccc2)(c2ccccc2)c2ccccc2-3)cc1. The van der Waals surface area contributed by atoms with Gasteiger partial charge < -0.3 is 4.90 Å². The third-order valence-corrected chi connectivity index (χ3v) is 16.1. The number of benzene rings is 9. The van der Waals surface area contributed by atoms with E-state index in [-0.39, 0.29) is 0 Å². The van der Waals surface area contributed by atoms with Gasteiger partial charge in [-0.15, -0.1) is 0 Å². The molecule has 0 aromatic heterocycles. The van der Waals surface area contributed by atoms with Crippen LogP contribution in [0.1, 0.15) is 66.3 Å². The van der Waals surface area contributed by atoms with E-state index in [9.17, 15) is 0 Å². The van der Waals surface area contributed by atoms with Gasteiger partial charge in [0, 0.05) is 16.9 Å². The molecule has 9 aromatic rings. The van der Waals surface area contributed by atoms with Gasteiger partial charge in [-0.05, 0) is 159 Å². The van der Waals surface area contributed by atoms with Gasteiger partial charge in [0.1, 0.15) is 0 Å². The molecule has 5 aliphatic rings. The summed E-state index contributed by atoms with van der Waals surface area (Å²) in [7, 11) is 0. The zero-order chi connectivity index (χ0) is 43.7. The van der Waals surface area contributed by atoms with Crippen LogP contribution in [0.15, 0.2) is 231 Å². The molecular weight excluding hydrogens is 795 g/mol. The number of fused-ring (bicyclic) bond motifs is 3. The fourth-order valence-electron chi connectivity index (χ4n) is 13.9. The lowest BCUT2D eigenvalue weighted by molar-refractivity contribution is -0.00518. The van der Waals surface area contributed by atoms with Crippen LogP contribution >= 0.6 is 0 Å². The standard InChI is InChI=1S/C65H53N/c1-4-18-48(19-5-1)54-24-10-11-25-55(54)56-26-12-13-27-57(56)60-29-15-17-31-63(60)66(52-34-32-49(33-35-52)64-42-45-38-46(43-64)40-47(39-45)44-64)53-36-37-59-58-28-14-16-30-61(58)65(62(59)41-53,50-20-6-2-7-21-50)51-22-8-3-9-23-51/h1-37,41,45-47H,38-40,42-44H2. The van der Waals surface area contributed by atoms with Gasteiger partial charge in [0.05, 0.1) is 11.1 Å². The second-order valence-corrected chi connectivity index (χ2v) is 19.8. The van der Waals surface area contributed by atoms with Gasteiger partial charge in [0.25, 0.3) is 0 Å². The van der Waals surface area contributed by atoms with Crippen molar-refractivity contribution in [1.29, 1.82) is 0 Å². The summed E-state index contributed by atoms with van der Waals surface area (Å²) in [4.78, 5) is 2.56. The minimum Gasteiger partial charge on any atom is -0.310 e. The average Bonchev–Trinajstić information content (AvgIpc) is 3.67. The Morgan fingerprint density at radius 3 is 1.36 bits per heavy atom. The molecule has 9 aromatic carbocycles. The maximum atomic E-state index is 2.56. The van der Waals surface area contributed by atoms with Crippen LogP contribution in [0.25, 0.3) is 44.5 Å². The zero-order valence-corrected chi connectivity index (χ0v) is 37.4. The van der Waals surface area contributed by atoms with E-state index < -0.39 is 5.41 Å². The number of anilines is 3. The van der Waals surface area contributed by atoms with Gasteiger partial charge in [0.15, 0.2) is 0 Å². The van der Waals surface area contributed by atoms with Gasteiger partial charge in [-0.3, -0.25) is 0 Å². The summed E-state index contributed by atoms with van der Waals surface area (Å²) >= 11 is 0. The summed E-state index contributed by atoms with van der Waals surface area (Å²) in [6, 6.07) is 86.5. The van der Waals surface area contributed by atoms with E-state index in [1.165, 1.54) is 111 Å². The molecule has 318 valence electrons. The monoisotopic (exact) mass is 847 g/mol. The fraction of sp³-hybridized carbons (Fsp3) is 0.169. The molecule has 66 heavy (non-hydrogen) atoms. The van der Waals surface area contributed by atoms with E-state index in [4.69, 9.17) is 0 Å². The first-order valence-corrected chi connectivity index (χ1v) is 24.3. The highest BCUT2D eigenvalue weighted by atomic mass is 15.1. The number of nitrogens with zero attached hydrogens (tertiary/aromatic N) is 1. The second kappa shape index (κ2) is 15.7. The Morgan fingerprint density at radius 2 is 0.758 bits per heavy atom. The summed E-state index contributed by atoms with van der Waals surface area (Å²) in [5, 5.41) is 0. The van der Waals surface area contributed by atoms with Crippen LogP contribution in [-0.4, -0.2) is 0 Å². The molecule has 4 fully saturated rings. The van der Waals surface area contributed by atoms with Crippen molar-refractivity contribution < 1.29 is 0 Å². The van der Waals surface area contributed by atoms with Crippen LogP contribution in [-0.2, 0) is 10.8 Å². The van der Waals surface area contributed by atoms with Gasteiger partial charge in [-0.25, -0.2) is 0 Å². The third kappa shape index (κ3) is 6.20. The number of hydrogen-bond acceptors (Lipinski definition) is 1. The molecular formula is C65H53N. The third-order valence-electron chi connectivity index (χ3n) is 16.1. The Balaban J connectivity index is 1.03. The molecule has 0 heterocycles. The highest BCUT2D eigenvalue weighted by Crippen LogP contribution is 2.61. The van der Waals surface area contributed by atoms with Crippen LogP contribution in [0.2, 0.25) is 0 Å². The summed E-state index contributed by atoms with van der Waals surface area (Å²) in [5.74, 6) is 2.70. The van der Waals surface area contributed by atoms with Crippen LogP contribution in [0.4, 0.5) is 17.1 Å². The van der Waals surface area contributed by atoms with E-state index >= 15 is 0 Å². The van der Waals surface area contributed by atoms with E-state index in [0.717, 1.165) is 29.1 Å². The van der Waals surface area contributed by atoms with Gasteiger partial charge in [0.2, 0.25) is 0 Å². The van der Waals surface area contributed by atoms with E-state index in [1.807, 2.05) is 0 Å². The molecule has 4 bridgehead atoms. The van der Waals surface area contributed by atoms with Crippen LogP contribution in [0, 0.1) is 17.8 Å². The Bertz CT molecular complexity index is 3140. The summed E-state index contributed by atoms with van der Waals surface area (Å²) < 4.78 is 0. The van der Waals surface area contributed by atoms with Crippen molar-refractivity contribution in [1.82, 2.24) is 0 Å². The molecule has 0 amide bonds. The summed E-state index contributed by atoms with van der Waals surface area (Å²) in [5.41, 5.74) is 19.9. The van der Waals surface area contributed by atoms with Crippen LogP contribution < -0.4 is 4.90 Å². The van der Waals surface area contributed by atoms with Crippen molar-refractivity contribution in [3.05, 3.63) is 258 Å². The zero-order valence-electron chi connectivity index (χ0n) is 37.4. The second-order valence-electron chi connectivity index (χ2n) is 19.8. The Hall–Kier alpha value is -7.22. The highest BCUT2D eigenvalue weighted by molar-refractivity contribution is 5.98. The molecule has 0 aliphatic heterocycles. The van der Waals surface area contributed by atoms with Crippen molar-refractivity contribution >= 4 is 17.1 Å². The minimum atomic E-state index is -0.508. The molecule has 4 saturated carbocycles. The Kier molecular flexibility index (Phi) is 9.34. The lowest BCUT2D eigenvalue weighted by Crippen LogP contribution is -2.48. The lowest BCUT2D eigenvalue weighted by Gasteiger charge is -2.57. The van der Waals surface area contributed by atoms with E-state index in [2.05, 4.69) is 235 Å². The highest BCUT2D eigenvalue weighted by Gasteiger charge is 2.52. The van der Waals surface area contributed by atoms with Gasteiger partial charge >= 0.3 is 0 Å². The first-order valence-electron chi connectivity index (χ1n) is 24.3. The number of hydrogen-bond donors (Lipinski definition) is 0. The maximum absolute atomic E-state index is 2.56. The molecule has 5 aliphatic carbocycles. The molecule has 0 spiro atoms. The number of rotatable bonds is 9. The normalized spacial score (nSPS) is 20.7. The van der Waals surface area contributed by atoms with Crippen molar-refractivity contribution in [2.75, 3.05) is 4.90 Å². The Morgan fingerprint density at radius 1 is 0.318 bits per heavy atom. The average molecular weight is 848 g/mol. The molecule has 1 nitrogen and oxygen atoms in total. The molecule has 0 atom stereocenters. The molecule has 14 rings (SSSR count). The molecule has 0 unspecified atom stereocenters. The predicted octanol–water partition coefficient (Wildman–Crippen LogP) is 17.0. The summed E-state index contributed by atoms with van der Waals surface area (Å²) in [6.07, 6.45) is 8.44. The quantitative estimate of drug-likeness (QED) is 0.140. The van der Waals surface area contributed by atoms with Crippen LogP contribution in [0.3, 0.4) is 0 Å². The molecule has 1 heteroatoms. The molecule has 0 N–H and O–H groups in total. The van der Waals surface area contributed by atoms with Crippen molar-refractivity contribution in [3.63, 3.8) is 0 Å². The first-order chi connectivity index (χ1) is 32.7. The molecule has 0 saturated heterocycles. The Labute approximate surface area is 390 Å².